The SMILES string of the molecule is CC[C@]12CCCC1[C@H]1CCC3[C@@]4(C)CC=C(c5ccc(C(=O)O)cc5)C(C)(C)C4CC[C@@]3(C)[C@]1(C)CC2. The molecule has 1 N–H and O–H groups in total. The Morgan fingerprint density at radius 1 is 0.838 bits per heavy atom. The minimum absolute atomic E-state index is 0.0895. The molecule has 1 aromatic carbocycles. The number of aromatic carboxylic acids is 1. The van der Waals surface area contributed by atoms with E-state index in [0.717, 1.165) is 17.8 Å². The minimum Gasteiger partial charge on any atom is -0.478 e. The summed E-state index contributed by atoms with van der Waals surface area (Å²) >= 11 is 0. The number of rotatable bonds is 3. The molecule has 6 rings (SSSR count). The number of carboxylic acids is 1. The molecule has 0 aromatic heterocycles. The largest absolute Gasteiger partial charge is 0.478 e. The fourth-order valence-corrected chi connectivity index (χ4v) is 12.2. The highest BCUT2D eigenvalue weighted by molar-refractivity contribution is 5.88. The zero-order chi connectivity index (χ0) is 26.4. The van der Waals surface area contributed by atoms with Crippen LogP contribution in [0.2, 0.25) is 0 Å². The van der Waals surface area contributed by atoms with E-state index in [1.807, 2.05) is 12.1 Å². The fourth-order valence-electron chi connectivity index (χ4n) is 12.2. The van der Waals surface area contributed by atoms with Crippen LogP contribution >= 0.6 is 0 Å². The summed E-state index contributed by atoms with van der Waals surface area (Å²) in [5.74, 6) is 2.52. The predicted molar refractivity (Wildman–Crippen MR) is 152 cm³/mol. The molecule has 4 saturated carbocycles. The Labute approximate surface area is 225 Å². The zero-order valence-corrected chi connectivity index (χ0v) is 24.3. The van der Waals surface area contributed by atoms with Crippen LogP contribution in [-0.2, 0) is 0 Å². The molecule has 37 heavy (non-hydrogen) atoms. The van der Waals surface area contributed by atoms with E-state index in [4.69, 9.17) is 0 Å². The van der Waals surface area contributed by atoms with Gasteiger partial charge < -0.3 is 5.11 Å². The Balaban J connectivity index is 1.35. The van der Waals surface area contributed by atoms with E-state index in [-0.39, 0.29) is 5.41 Å². The highest BCUT2D eigenvalue weighted by atomic mass is 16.4. The first kappa shape index (κ1) is 25.7. The van der Waals surface area contributed by atoms with Crippen LogP contribution in [0.3, 0.4) is 0 Å². The van der Waals surface area contributed by atoms with Crippen molar-refractivity contribution >= 4 is 11.5 Å². The maximum absolute atomic E-state index is 11.4. The number of hydrogen-bond acceptors (Lipinski definition) is 1. The van der Waals surface area contributed by atoms with Crippen molar-refractivity contribution in [1.82, 2.24) is 0 Å². The van der Waals surface area contributed by atoms with Crippen LogP contribution in [-0.4, -0.2) is 11.1 Å². The topological polar surface area (TPSA) is 37.3 Å². The second kappa shape index (κ2) is 8.22. The summed E-state index contributed by atoms with van der Waals surface area (Å²) in [6, 6.07) is 7.65. The van der Waals surface area contributed by atoms with E-state index in [9.17, 15) is 9.90 Å². The summed E-state index contributed by atoms with van der Waals surface area (Å²) in [4.78, 5) is 11.4. The van der Waals surface area contributed by atoms with Crippen molar-refractivity contribution in [2.75, 3.05) is 0 Å². The molecule has 2 nitrogen and oxygen atoms in total. The van der Waals surface area contributed by atoms with Gasteiger partial charge >= 0.3 is 5.97 Å². The van der Waals surface area contributed by atoms with Gasteiger partial charge in [-0.15, -0.1) is 0 Å². The van der Waals surface area contributed by atoms with Crippen molar-refractivity contribution in [1.29, 1.82) is 0 Å². The monoisotopic (exact) mass is 502 g/mol. The molecule has 5 aliphatic rings. The van der Waals surface area contributed by atoms with Gasteiger partial charge in [-0.05, 0) is 132 Å². The van der Waals surface area contributed by atoms with Crippen LogP contribution in [0.4, 0.5) is 0 Å². The van der Waals surface area contributed by atoms with Gasteiger partial charge in [-0.1, -0.05) is 72.6 Å². The first-order valence-electron chi connectivity index (χ1n) is 15.5. The lowest BCUT2D eigenvalue weighted by molar-refractivity contribution is -0.223. The van der Waals surface area contributed by atoms with Gasteiger partial charge in [0, 0.05) is 0 Å². The van der Waals surface area contributed by atoms with Gasteiger partial charge in [-0.2, -0.15) is 0 Å². The van der Waals surface area contributed by atoms with E-state index in [0.29, 0.717) is 33.1 Å². The molecule has 3 unspecified atom stereocenters. The van der Waals surface area contributed by atoms with Crippen LogP contribution in [0.1, 0.15) is 128 Å². The van der Waals surface area contributed by atoms with Gasteiger partial charge in [0.1, 0.15) is 0 Å². The van der Waals surface area contributed by atoms with E-state index >= 15 is 0 Å². The molecular formula is C35H50O2. The molecule has 202 valence electrons. The van der Waals surface area contributed by atoms with Gasteiger partial charge in [-0.25, -0.2) is 4.79 Å². The number of hydrogen-bond donors (Lipinski definition) is 1. The summed E-state index contributed by atoms with van der Waals surface area (Å²) in [6.07, 6.45) is 18.1. The van der Waals surface area contributed by atoms with Crippen LogP contribution < -0.4 is 0 Å². The Bertz CT molecular complexity index is 1110. The predicted octanol–water partition coefficient (Wildman–Crippen LogP) is 9.64. The molecule has 4 fully saturated rings. The van der Waals surface area contributed by atoms with Crippen molar-refractivity contribution in [3.63, 3.8) is 0 Å². The Morgan fingerprint density at radius 2 is 1.57 bits per heavy atom. The van der Waals surface area contributed by atoms with Gasteiger partial charge in [0.2, 0.25) is 0 Å². The fraction of sp³-hybridized carbons (Fsp3) is 0.743. The standard InChI is InChI=1S/C35H50O2/c1-7-35-18-8-9-27(35)26-14-15-29-32(4)19-16-25(23-10-12-24(13-11-23)30(36)37)31(2,3)28(32)17-20-34(29,6)33(26,5)21-22-35/h10-13,16,26-29H,7-9,14-15,17-22H2,1-6H3,(H,36,37)/t26-,27?,28?,29?,32+,33-,34-,35-/m1/s1. The van der Waals surface area contributed by atoms with Gasteiger partial charge in [0.25, 0.3) is 0 Å². The zero-order valence-electron chi connectivity index (χ0n) is 24.3. The average molecular weight is 503 g/mol. The van der Waals surface area contributed by atoms with Crippen LogP contribution in [0.5, 0.6) is 0 Å². The maximum atomic E-state index is 11.4. The molecule has 0 aliphatic heterocycles. The maximum Gasteiger partial charge on any atom is 0.335 e. The summed E-state index contributed by atoms with van der Waals surface area (Å²) in [7, 11) is 0. The van der Waals surface area contributed by atoms with Gasteiger partial charge in [0.05, 0.1) is 5.56 Å². The Kier molecular flexibility index (Phi) is 5.71. The summed E-state index contributed by atoms with van der Waals surface area (Å²) < 4.78 is 0. The molecular weight excluding hydrogens is 452 g/mol. The normalized spacial score (nSPS) is 46.2. The molecule has 0 saturated heterocycles. The van der Waals surface area contributed by atoms with E-state index in [1.54, 1.807) is 12.1 Å². The third kappa shape index (κ3) is 3.26. The molecule has 8 atom stereocenters. The smallest absolute Gasteiger partial charge is 0.335 e. The van der Waals surface area contributed by atoms with Crippen LogP contribution in [0, 0.1) is 50.7 Å². The van der Waals surface area contributed by atoms with Crippen molar-refractivity contribution in [3.8, 4) is 0 Å². The highest BCUT2D eigenvalue weighted by Crippen LogP contribution is 2.77. The molecule has 0 bridgehead atoms. The number of fused-ring (bicyclic) bond motifs is 7. The van der Waals surface area contributed by atoms with Crippen LogP contribution in [0.25, 0.3) is 5.57 Å². The molecule has 0 heterocycles. The molecule has 2 heteroatoms. The molecule has 0 spiro atoms. The third-order valence-electron chi connectivity index (χ3n) is 14.3. The minimum atomic E-state index is -0.844. The summed E-state index contributed by atoms with van der Waals surface area (Å²) in [5, 5.41) is 9.38. The number of allylic oxidation sites excluding steroid dienone is 2. The number of carbonyl (C=O) groups is 1. The van der Waals surface area contributed by atoms with Crippen LogP contribution in [0.15, 0.2) is 30.3 Å². The Hall–Kier alpha value is -1.57. The molecule has 0 amide bonds. The summed E-state index contributed by atoms with van der Waals surface area (Å²) in [5.41, 5.74) is 5.04. The number of benzene rings is 1. The molecule has 5 aliphatic carbocycles. The van der Waals surface area contributed by atoms with E-state index in [1.165, 1.54) is 81.8 Å². The average Bonchev–Trinajstić information content (AvgIpc) is 3.29. The third-order valence-corrected chi connectivity index (χ3v) is 14.3. The lowest BCUT2D eigenvalue weighted by Gasteiger charge is -2.72. The lowest BCUT2D eigenvalue weighted by Crippen LogP contribution is -2.64. The quantitative estimate of drug-likeness (QED) is 0.447. The van der Waals surface area contributed by atoms with Crippen molar-refractivity contribution in [2.45, 2.75) is 112 Å². The summed E-state index contributed by atoms with van der Waals surface area (Å²) in [6.45, 7) is 15.6. The number of carboxylic acid groups (broad SMARTS) is 1. The second-order valence-electron chi connectivity index (χ2n) is 15.3. The highest BCUT2D eigenvalue weighted by Gasteiger charge is 2.69. The Morgan fingerprint density at radius 3 is 2.24 bits per heavy atom. The van der Waals surface area contributed by atoms with E-state index in [2.05, 4.69) is 47.6 Å². The molecule has 0 radical (unpaired) electrons. The first-order valence-corrected chi connectivity index (χ1v) is 15.5. The second-order valence-corrected chi connectivity index (χ2v) is 15.3. The van der Waals surface area contributed by atoms with E-state index < -0.39 is 5.97 Å². The van der Waals surface area contributed by atoms with Crippen molar-refractivity contribution in [2.24, 2.45) is 50.7 Å². The van der Waals surface area contributed by atoms with Crippen molar-refractivity contribution in [3.05, 3.63) is 41.5 Å². The lowest BCUT2D eigenvalue weighted by atomic mass is 9.32. The van der Waals surface area contributed by atoms with Gasteiger partial charge in [-0.3, -0.25) is 0 Å². The molecule has 1 aromatic rings. The van der Waals surface area contributed by atoms with Gasteiger partial charge in [0.15, 0.2) is 0 Å². The first-order chi connectivity index (χ1) is 17.4. The van der Waals surface area contributed by atoms with Crippen molar-refractivity contribution < 1.29 is 9.90 Å².